The van der Waals surface area contributed by atoms with Crippen LogP contribution in [-0.2, 0) is 18.0 Å². The van der Waals surface area contributed by atoms with Gasteiger partial charge in [0, 0.05) is 50.0 Å². The minimum absolute atomic E-state index is 0.0103. The van der Waals surface area contributed by atoms with E-state index in [9.17, 15) is 13.2 Å². The first-order valence-corrected chi connectivity index (χ1v) is 10.5. The highest BCUT2D eigenvalue weighted by Crippen LogP contribution is 2.36. The Labute approximate surface area is 188 Å². The molecule has 0 spiro atoms. The molecule has 1 aromatic carbocycles. The average molecular weight is 467 g/mol. The van der Waals surface area contributed by atoms with Crippen LogP contribution < -0.4 is 10.6 Å². The Kier molecular flexibility index (Phi) is 6.45. The van der Waals surface area contributed by atoms with Crippen molar-refractivity contribution in [1.82, 2.24) is 19.4 Å². The van der Waals surface area contributed by atoms with Gasteiger partial charge in [-0.2, -0.15) is 18.2 Å². The Morgan fingerprint density at radius 1 is 1.25 bits per heavy atom. The summed E-state index contributed by atoms with van der Waals surface area (Å²) in [5.41, 5.74) is 1.35. The summed E-state index contributed by atoms with van der Waals surface area (Å²) < 4.78 is 46.9. The number of ether oxygens (including phenoxy) is 1. The average Bonchev–Trinajstić information content (AvgIpc) is 3.03. The summed E-state index contributed by atoms with van der Waals surface area (Å²) in [4.78, 5) is 9.91. The highest BCUT2D eigenvalue weighted by Gasteiger charge is 2.35. The molecular formula is C21H22ClF3N6O. The van der Waals surface area contributed by atoms with Crippen molar-refractivity contribution in [2.75, 3.05) is 43.5 Å². The largest absolute Gasteiger partial charge is 0.421 e. The third-order valence-electron chi connectivity index (χ3n) is 5.05. The number of aryl methyl sites for hydroxylation is 1. The Hall–Kier alpha value is -2.56. The van der Waals surface area contributed by atoms with Crippen LogP contribution in [0.2, 0.25) is 5.02 Å². The van der Waals surface area contributed by atoms with Crippen molar-refractivity contribution in [3.05, 3.63) is 47.2 Å². The lowest BCUT2D eigenvalue weighted by molar-refractivity contribution is -0.137. The van der Waals surface area contributed by atoms with Crippen LogP contribution in [0.1, 0.15) is 18.1 Å². The SMILES string of the molecule is CCNc1nc(Nc2cc3c(cc2Cl)c([C]N2CCOCC2)cn3C)ncc1C(F)(F)F. The fraction of sp³-hybridized carbons (Fsp3) is 0.381. The topological polar surface area (TPSA) is 67.2 Å². The molecule has 2 radical (unpaired) electrons. The van der Waals surface area contributed by atoms with Crippen molar-refractivity contribution in [1.29, 1.82) is 0 Å². The van der Waals surface area contributed by atoms with Gasteiger partial charge in [0.15, 0.2) is 0 Å². The summed E-state index contributed by atoms with van der Waals surface area (Å²) in [7, 11) is 1.91. The molecule has 7 nitrogen and oxygen atoms in total. The van der Waals surface area contributed by atoms with Gasteiger partial charge in [-0.1, -0.05) is 11.6 Å². The second-order valence-corrected chi connectivity index (χ2v) is 7.73. The quantitative estimate of drug-likeness (QED) is 0.556. The lowest BCUT2D eigenvalue weighted by atomic mass is 10.1. The molecule has 2 N–H and O–H groups in total. The number of anilines is 3. The van der Waals surface area contributed by atoms with Gasteiger partial charge in [-0.05, 0) is 19.1 Å². The number of nitrogens with zero attached hydrogens (tertiary/aromatic N) is 4. The van der Waals surface area contributed by atoms with E-state index < -0.39 is 11.7 Å². The lowest BCUT2D eigenvalue weighted by Gasteiger charge is -2.25. The molecule has 3 aromatic rings. The minimum Gasteiger partial charge on any atom is -0.379 e. The number of nitrogens with one attached hydrogen (secondary N) is 2. The second-order valence-electron chi connectivity index (χ2n) is 7.32. The molecule has 1 fully saturated rings. The zero-order chi connectivity index (χ0) is 22.9. The van der Waals surface area contributed by atoms with Crippen LogP contribution in [0, 0.1) is 6.54 Å². The monoisotopic (exact) mass is 466 g/mol. The van der Waals surface area contributed by atoms with Gasteiger partial charge in [0.2, 0.25) is 5.95 Å². The van der Waals surface area contributed by atoms with Gasteiger partial charge < -0.3 is 19.9 Å². The van der Waals surface area contributed by atoms with Crippen LogP contribution in [0.25, 0.3) is 10.9 Å². The maximum Gasteiger partial charge on any atom is 0.421 e. The van der Waals surface area contributed by atoms with Crippen molar-refractivity contribution in [2.45, 2.75) is 13.1 Å². The first kappa shape index (κ1) is 22.6. The number of morpholine rings is 1. The third-order valence-corrected chi connectivity index (χ3v) is 5.37. The van der Waals surface area contributed by atoms with Gasteiger partial charge in [-0.3, -0.25) is 4.90 Å². The lowest BCUT2D eigenvalue weighted by Crippen LogP contribution is -2.34. The number of benzene rings is 1. The number of hydrogen-bond acceptors (Lipinski definition) is 6. The predicted molar refractivity (Wildman–Crippen MR) is 117 cm³/mol. The first-order valence-electron chi connectivity index (χ1n) is 10.1. The number of fused-ring (bicyclic) bond motifs is 1. The Bertz CT molecular complexity index is 1110. The fourth-order valence-corrected chi connectivity index (χ4v) is 3.72. The van der Waals surface area contributed by atoms with Crippen molar-refractivity contribution >= 4 is 40.0 Å². The predicted octanol–water partition coefficient (Wildman–Crippen LogP) is 4.53. The summed E-state index contributed by atoms with van der Waals surface area (Å²) in [5, 5.41) is 6.88. The zero-order valence-electron chi connectivity index (χ0n) is 17.6. The van der Waals surface area contributed by atoms with E-state index in [2.05, 4.69) is 32.0 Å². The van der Waals surface area contributed by atoms with E-state index in [0.29, 0.717) is 23.9 Å². The Balaban J connectivity index is 1.63. The number of hydrogen-bond donors (Lipinski definition) is 2. The van der Waals surface area contributed by atoms with Gasteiger partial charge >= 0.3 is 6.18 Å². The molecule has 32 heavy (non-hydrogen) atoms. The molecule has 3 heterocycles. The molecule has 1 aliphatic heterocycles. The zero-order valence-corrected chi connectivity index (χ0v) is 18.3. The maximum absolute atomic E-state index is 13.2. The molecule has 0 amide bonds. The van der Waals surface area contributed by atoms with Gasteiger partial charge in [0.25, 0.3) is 0 Å². The van der Waals surface area contributed by atoms with Gasteiger partial charge in [0.05, 0.1) is 36.0 Å². The van der Waals surface area contributed by atoms with Gasteiger partial charge in [-0.15, -0.1) is 0 Å². The van der Waals surface area contributed by atoms with E-state index in [1.807, 2.05) is 23.9 Å². The summed E-state index contributed by atoms with van der Waals surface area (Å²) in [5.74, 6) is -0.276. The van der Waals surface area contributed by atoms with E-state index in [1.54, 1.807) is 13.0 Å². The minimum atomic E-state index is -4.56. The van der Waals surface area contributed by atoms with E-state index >= 15 is 0 Å². The van der Waals surface area contributed by atoms with Gasteiger partial charge in [-0.25, -0.2) is 4.98 Å². The van der Waals surface area contributed by atoms with Crippen LogP contribution in [0.4, 0.5) is 30.6 Å². The van der Waals surface area contributed by atoms with Crippen LogP contribution in [0.3, 0.4) is 0 Å². The molecule has 2 aromatic heterocycles. The highest BCUT2D eigenvalue weighted by molar-refractivity contribution is 6.34. The molecule has 1 aliphatic rings. The molecule has 0 bridgehead atoms. The first-order chi connectivity index (χ1) is 15.3. The molecule has 0 unspecified atom stereocenters. The molecular weight excluding hydrogens is 445 g/mol. The van der Waals surface area contributed by atoms with Crippen molar-refractivity contribution in [3.8, 4) is 0 Å². The Morgan fingerprint density at radius 3 is 2.69 bits per heavy atom. The molecule has 0 aliphatic carbocycles. The molecule has 4 rings (SSSR count). The Morgan fingerprint density at radius 2 is 2.00 bits per heavy atom. The summed E-state index contributed by atoms with van der Waals surface area (Å²) in [6.07, 6.45) is -1.84. The number of alkyl halides is 3. The highest BCUT2D eigenvalue weighted by atomic mass is 35.5. The van der Waals surface area contributed by atoms with Crippen LogP contribution in [0.15, 0.2) is 24.5 Å². The van der Waals surface area contributed by atoms with Crippen molar-refractivity contribution in [2.24, 2.45) is 7.05 Å². The number of aromatic nitrogens is 3. The normalized spacial score (nSPS) is 15.3. The van der Waals surface area contributed by atoms with E-state index in [4.69, 9.17) is 16.3 Å². The van der Waals surface area contributed by atoms with Crippen LogP contribution >= 0.6 is 11.6 Å². The molecule has 11 heteroatoms. The van der Waals surface area contributed by atoms with E-state index in [1.165, 1.54) is 0 Å². The van der Waals surface area contributed by atoms with Crippen LogP contribution in [0.5, 0.6) is 0 Å². The molecule has 170 valence electrons. The maximum atomic E-state index is 13.2. The van der Waals surface area contributed by atoms with E-state index in [-0.39, 0.29) is 18.3 Å². The second kappa shape index (κ2) is 9.13. The summed E-state index contributed by atoms with van der Waals surface area (Å²) in [6, 6.07) is 3.62. The number of halogens is 4. The van der Waals surface area contributed by atoms with Crippen LogP contribution in [-0.4, -0.2) is 52.3 Å². The summed E-state index contributed by atoms with van der Waals surface area (Å²) >= 11 is 6.50. The molecule has 1 saturated heterocycles. The van der Waals surface area contributed by atoms with Gasteiger partial charge in [0.1, 0.15) is 11.4 Å². The third kappa shape index (κ3) is 4.77. The molecule has 0 saturated carbocycles. The van der Waals surface area contributed by atoms with E-state index in [0.717, 1.165) is 35.8 Å². The standard InChI is InChI=1S/C21H22ClF3N6O/c1-3-26-19-15(21(23,24)25)10-27-20(29-19)28-17-9-18-14(8-16(17)22)13(11-30(18)2)12-31-4-6-32-7-5-31/h8-11H,3-7H2,1-2H3,(H2,26,27,28,29). The molecule has 0 atom stereocenters. The number of rotatable bonds is 6. The van der Waals surface area contributed by atoms with Crippen molar-refractivity contribution in [3.63, 3.8) is 0 Å². The van der Waals surface area contributed by atoms with Crippen molar-refractivity contribution < 1.29 is 17.9 Å². The summed E-state index contributed by atoms with van der Waals surface area (Å²) in [6.45, 7) is 8.23. The fourth-order valence-electron chi connectivity index (χ4n) is 3.50. The smallest absolute Gasteiger partial charge is 0.379 e.